The number of ether oxygens (including phenoxy) is 1. The fraction of sp³-hybridized carbons (Fsp3) is 0.278. The number of aryl methyl sites for hydroxylation is 2. The smallest absolute Gasteiger partial charge is 0.341 e. The van der Waals surface area contributed by atoms with Crippen LogP contribution in [0, 0.1) is 13.8 Å². The van der Waals surface area contributed by atoms with Crippen molar-refractivity contribution in [2.24, 2.45) is 0 Å². The average molecular weight is 402 g/mol. The summed E-state index contributed by atoms with van der Waals surface area (Å²) in [6.45, 7) is 4.98. The van der Waals surface area contributed by atoms with Gasteiger partial charge in [0.25, 0.3) is 5.91 Å². The Morgan fingerprint density at radius 1 is 1.21 bits per heavy atom. The second kappa shape index (κ2) is 8.70. The Labute approximate surface area is 164 Å². The molecule has 0 aromatic carbocycles. The highest BCUT2D eigenvalue weighted by Gasteiger charge is 2.22. The molecule has 0 aliphatic rings. The summed E-state index contributed by atoms with van der Waals surface area (Å²) in [5.74, 6) is 0.836. The van der Waals surface area contributed by atoms with Gasteiger partial charge in [-0.3, -0.25) is 4.79 Å². The summed E-state index contributed by atoms with van der Waals surface area (Å²) in [7, 11) is 0. The fourth-order valence-corrected chi connectivity index (χ4v) is 3.08. The molecular formula is C18H18N4O5S. The number of aromatic nitrogens is 3. The number of nitrogens with one attached hydrogen (secondary N) is 1. The van der Waals surface area contributed by atoms with E-state index in [2.05, 4.69) is 20.6 Å². The minimum absolute atomic E-state index is 0.255. The SMILES string of the molecule is Cc1cc(CSc2ncccc2C(=O)O[C@@H](C)C(=O)Nc2cc(C)on2)no1. The van der Waals surface area contributed by atoms with Crippen molar-refractivity contribution in [3.8, 4) is 0 Å². The van der Waals surface area contributed by atoms with E-state index in [1.54, 1.807) is 38.2 Å². The van der Waals surface area contributed by atoms with E-state index in [9.17, 15) is 9.59 Å². The Balaban J connectivity index is 1.62. The van der Waals surface area contributed by atoms with Gasteiger partial charge in [-0.25, -0.2) is 9.78 Å². The van der Waals surface area contributed by atoms with Crippen LogP contribution in [0.5, 0.6) is 0 Å². The number of carbonyl (C=O) groups is 2. The van der Waals surface area contributed by atoms with Crippen LogP contribution in [-0.2, 0) is 15.3 Å². The maximum atomic E-state index is 12.5. The number of thioether (sulfide) groups is 1. The number of nitrogens with zero attached hydrogens (tertiary/aromatic N) is 3. The summed E-state index contributed by atoms with van der Waals surface area (Å²) in [6.07, 6.45) is 0.552. The van der Waals surface area contributed by atoms with Crippen molar-refractivity contribution in [1.82, 2.24) is 15.3 Å². The van der Waals surface area contributed by atoms with Crippen molar-refractivity contribution < 1.29 is 23.4 Å². The lowest BCUT2D eigenvalue weighted by Crippen LogP contribution is -2.30. The first-order valence-corrected chi connectivity index (χ1v) is 9.36. The van der Waals surface area contributed by atoms with Crippen LogP contribution in [0.2, 0.25) is 0 Å². The molecule has 1 amide bonds. The highest BCUT2D eigenvalue weighted by Crippen LogP contribution is 2.25. The van der Waals surface area contributed by atoms with Gasteiger partial charge in [-0.1, -0.05) is 22.1 Å². The van der Waals surface area contributed by atoms with Gasteiger partial charge < -0.3 is 19.1 Å². The van der Waals surface area contributed by atoms with Crippen LogP contribution in [-0.4, -0.2) is 33.3 Å². The van der Waals surface area contributed by atoms with Gasteiger partial charge in [0.2, 0.25) is 0 Å². The zero-order valence-electron chi connectivity index (χ0n) is 15.5. The third-order valence-electron chi connectivity index (χ3n) is 3.56. The lowest BCUT2D eigenvalue weighted by Gasteiger charge is -2.13. The molecule has 9 nitrogen and oxygen atoms in total. The second-order valence-corrected chi connectivity index (χ2v) is 6.90. The van der Waals surface area contributed by atoms with Crippen LogP contribution in [0.15, 0.2) is 44.5 Å². The van der Waals surface area contributed by atoms with Crippen molar-refractivity contribution in [1.29, 1.82) is 0 Å². The van der Waals surface area contributed by atoms with Gasteiger partial charge in [0, 0.05) is 24.1 Å². The molecular weight excluding hydrogens is 384 g/mol. The van der Waals surface area contributed by atoms with Gasteiger partial charge in [0.15, 0.2) is 11.9 Å². The first-order chi connectivity index (χ1) is 13.4. The van der Waals surface area contributed by atoms with Crippen LogP contribution in [0.3, 0.4) is 0 Å². The van der Waals surface area contributed by atoms with E-state index in [0.717, 1.165) is 5.69 Å². The van der Waals surface area contributed by atoms with Gasteiger partial charge in [-0.2, -0.15) is 0 Å². The summed E-state index contributed by atoms with van der Waals surface area (Å²) in [6, 6.07) is 6.60. The van der Waals surface area contributed by atoms with Crippen molar-refractivity contribution in [3.05, 3.63) is 53.2 Å². The number of pyridine rings is 1. The molecule has 146 valence electrons. The molecule has 0 bridgehead atoms. The molecule has 0 saturated carbocycles. The summed E-state index contributed by atoms with van der Waals surface area (Å²) in [4.78, 5) is 28.9. The van der Waals surface area contributed by atoms with Crippen LogP contribution in [0.25, 0.3) is 0 Å². The van der Waals surface area contributed by atoms with Crippen LogP contribution >= 0.6 is 11.8 Å². The van der Waals surface area contributed by atoms with Crippen LogP contribution in [0.4, 0.5) is 5.82 Å². The van der Waals surface area contributed by atoms with Gasteiger partial charge in [-0.05, 0) is 32.9 Å². The molecule has 0 aliphatic heterocycles. The Morgan fingerprint density at radius 2 is 1.96 bits per heavy atom. The Bertz CT molecular complexity index is 984. The predicted molar refractivity (Wildman–Crippen MR) is 99.8 cm³/mol. The largest absolute Gasteiger partial charge is 0.449 e. The third kappa shape index (κ3) is 4.97. The van der Waals surface area contributed by atoms with E-state index in [1.807, 2.05) is 6.07 Å². The zero-order valence-corrected chi connectivity index (χ0v) is 16.3. The molecule has 0 aliphatic carbocycles. The van der Waals surface area contributed by atoms with Gasteiger partial charge in [-0.15, -0.1) is 0 Å². The minimum atomic E-state index is -1.03. The maximum Gasteiger partial charge on any atom is 0.341 e. The van der Waals surface area contributed by atoms with Crippen LogP contribution < -0.4 is 5.32 Å². The molecule has 0 saturated heterocycles. The monoisotopic (exact) mass is 402 g/mol. The van der Waals surface area contributed by atoms with Crippen molar-refractivity contribution in [2.75, 3.05) is 5.32 Å². The number of hydrogen-bond donors (Lipinski definition) is 1. The standard InChI is InChI=1S/C18H18N4O5S/c1-10-7-13(21-26-10)9-28-17-14(5-4-6-19-17)18(24)25-12(3)16(23)20-15-8-11(2)27-22-15/h4-8,12H,9H2,1-3H3,(H,20,22,23)/t12-/m0/s1. The van der Waals surface area contributed by atoms with E-state index in [-0.39, 0.29) is 11.4 Å². The molecule has 28 heavy (non-hydrogen) atoms. The molecule has 10 heteroatoms. The average Bonchev–Trinajstić information content (AvgIpc) is 3.27. The van der Waals surface area contributed by atoms with Gasteiger partial charge in [0.05, 0.1) is 11.3 Å². The lowest BCUT2D eigenvalue weighted by molar-refractivity contribution is -0.123. The molecule has 0 radical (unpaired) electrons. The molecule has 3 aromatic rings. The van der Waals surface area contributed by atoms with Crippen molar-refractivity contribution >= 4 is 29.5 Å². The topological polar surface area (TPSA) is 120 Å². The summed E-state index contributed by atoms with van der Waals surface area (Å²) >= 11 is 1.33. The molecule has 0 fully saturated rings. The van der Waals surface area contributed by atoms with Gasteiger partial charge >= 0.3 is 5.97 Å². The summed E-state index contributed by atoms with van der Waals surface area (Å²) in [5.41, 5.74) is 1.01. The number of carbonyl (C=O) groups excluding carboxylic acids is 2. The minimum Gasteiger partial charge on any atom is -0.449 e. The zero-order chi connectivity index (χ0) is 20.1. The first kappa shape index (κ1) is 19.6. The van der Waals surface area contributed by atoms with E-state index in [0.29, 0.717) is 22.3 Å². The second-order valence-electron chi connectivity index (χ2n) is 5.93. The Morgan fingerprint density at radius 3 is 2.64 bits per heavy atom. The van der Waals surface area contributed by atoms with Crippen molar-refractivity contribution in [3.63, 3.8) is 0 Å². The lowest BCUT2D eigenvalue weighted by atomic mass is 10.3. The number of anilines is 1. The van der Waals surface area contributed by atoms with Gasteiger partial charge in [0.1, 0.15) is 16.5 Å². The van der Waals surface area contributed by atoms with Crippen LogP contribution in [0.1, 0.15) is 34.5 Å². The normalized spacial score (nSPS) is 11.8. The molecule has 0 unspecified atom stereocenters. The molecule has 3 heterocycles. The number of esters is 1. The van der Waals surface area contributed by atoms with E-state index in [4.69, 9.17) is 13.8 Å². The molecule has 3 aromatic heterocycles. The number of rotatable bonds is 7. The summed E-state index contributed by atoms with van der Waals surface area (Å²) in [5, 5.41) is 10.6. The summed E-state index contributed by atoms with van der Waals surface area (Å²) < 4.78 is 15.2. The van der Waals surface area contributed by atoms with Crippen molar-refractivity contribution in [2.45, 2.75) is 37.7 Å². The van der Waals surface area contributed by atoms with E-state index in [1.165, 1.54) is 18.7 Å². The molecule has 1 N–H and O–H groups in total. The Hall–Kier alpha value is -3.14. The molecule has 0 spiro atoms. The molecule has 1 atom stereocenters. The first-order valence-electron chi connectivity index (χ1n) is 8.37. The number of amides is 1. The third-order valence-corrected chi connectivity index (χ3v) is 4.60. The Kier molecular flexibility index (Phi) is 6.09. The fourth-order valence-electron chi connectivity index (χ4n) is 2.22. The van der Waals surface area contributed by atoms with E-state index < -0.39 is 18.0 Å². The molecule has 3 rings (SSSR count). The quantitative estimate of drug-likeness (QED) is 0.469. The predicted octanol–water partition coefficient (Wildman–Crippen LogP) is 3.15. The maximum absolute atomic E-state index is 12.5. The van der Waals surface area contributed by atoms with E-state index >= 15 is 0 Å². The number of hydrogen-bond acceptors (Lipinski definition) is 9. The highest BCUT2D eigenvalue weighted by molar-refractivity contribution is 7.98. The highest BCUT2D eigenvalue weighted by atomic mass is 32.2.